The second-order valence-corrected chi connectivity index (χ2v) is 2.12. The molecule has 0 amide bonds. The van der Waals surface area contributed by atoms with Gasteiger partial charge in [0.25, 0.3) is 0 Å². The third kappa shape index (κ3) is 5.14. The fourth-order valence-electron chi connectivity index (χ4n) is 0.548. The number of carboxylic acids is 2. The van der Waals surface area contributed by atoms with Gasteiger partial charge in [-0.25, -0.2) is 0 Å². The molecule has 0 spiro atoms. The summed E-state index contributed by atoms with van der Waals surface area (Å²) in [5.41, 5.74) is -0.0775. The summed E-state index contributed by atoms with van der Waals surface area (Å²) in [5.74, 6) is -2.51. The Bertz CT molecular complexity index is 183. The van der Waals surface area contributed by atoms with Gasteiger partial charge in [-0.3, -0.25) is 0 Å². The van der Waals surface area contributed by atoms with E-state index in [1.54, 1.807) is 0 Å². The predicted molar refractivity (Wildman–Crippen MR) is 33.0 cm³/mol. The zero-order chi connectivity index (χ0) is 8.85. The third-order valence-electron chi connectivity index (χ3n) is 1.15. The highest BCUT2D eigenvalue weighted by molar-refractivity contribution is 5.83. The zero-order valence-electron chi connectivity index (χ0n) is 5.96. The molecule has 0 aromatic carbocycles. The molecule has 62 valence electrons. The Hall–Kier alpha value is -1.32. The number of rotatable bonds is 5. The Morgan fingerprint density at radius 1 is 1.18 bits per heavy atom. The molecule has 11 heavy (non-hydrogen) atoms. The number of hydrogen-bond donors (Lipinski definition) is 0. The van der Waals surface area contributed by atoms with E-state index in [-0.39, 0.29) is 24.8 Å². The van der Waals surface area contributed by atoms with E-state index in [2.05, 4.69) is 6.58 Å². The van der Waals surface area contributed by atoms with Gasteiger partial charge in [0.15, 0.2) is 0 Å². The van der Waals surface area contributed by atoms with Crippen molar-refractivity contribution < 1.29 is 19.8 Å². The normalized spacial score (nSPS) is 9.09. The minimum Gasteiger partial charge on any atom is -0.550 e. The molecule has 0 saturated carbocycles. The summed E-state index contributed by atoms with van der Waals surface area (Å²) in [6, 6.07) is 0. The molecule has 0 heterocycles. The van der Waals surface area contributed by atoms with Crippen molar-refractivity contribution in [1.29, 1.82) is 0 Å². The topological polar surface area (TPSA) is 80.3 Å². The van der Waals surface area contributed by atoms with Gasteiger partial charge in [-0.2, -0.15) is 0 Å². The number of hydrogen-bond acceptors (Lipinski definition) is 4. The summed E-state index contributed by atoms with van der Waals surface area (Å²) >= 11 is 0. The van der Waals surface area contributed by atoms with Gasteiger partial charge in [-0.1, -0.05) is 6.58 Å². The molecule has 0 unspecified atom stereocenters. The van der Waals surface area contributed by atoms with Crippen LogP contribution in [0.1, 0.15) is 19.3 Å². The number of carbonyl (C=O) groups excluding carboxylic acids is 2. The van der Waals surface area contributed by atoms with Crippen LogP contribution in [0.25, 0.3) is 0 Å². The maximum absolute atomic E-state index is 10.0. The van der Waals surface area contributed by atoms with Crippen molar-refractivity contribution in [2.24, 2.45) is 0 Å². The van der Waals surface area contributed by atoms with E-state index in [1.165, 1.54) is 0 Å². The summed E-state index contributed by atoms with van der Waals surface area (Å²) in [5, 5.41) is 19.8. The molecular weight excluding hydrogens is 148 g/mol. The van der Waals surface area contributed by atoms with Crippen LogP contribution in [0.15, 0.2) is 12.2 Å². The van der Waals surface area contributed by atoms with E-state index in [4.69, 9.17) is 0 Å². The van der Waals surface area contributed by atoms with Gasteiger partial charge in [0, 0.05) is 5.97 Å². The third-order valence-corrected chi connectivity index (χ3v) is 1.15. The zero-order valence-corrected chi connectivity index (χ0v) is 5.96. The number of carbonyl (C=O) groups is 2. The molecule has 0 N–H and O–H groups in total. The maximum Gasteiger partial charge on any atom is 0.0668 e. The van der Waals surface area contributed by atoms with Crippen molar-refractivity contribution in [2.45, 2.75) is 19.3 Å². The fraction of sp³-hybridized carbons (Fsp3) is 0.429. The van der Waals surface area contributed by atoms with E-state index in [1.807, 2.05) is 0 Å². The SMILES string of the molecule is C=C(CCCC(=O)[O-])C(=O)[O-]. The first-order chi connectivity index (χ1) is 5.04. The first-order valence-electron chi connectivity index (χ1n) is 3.13. The molecule has 0 aliphatic heterocycles. The molecular formula is C7H8O4-2. The molecule has 0 aromatic heterocycles. The standard InChI is InChI=1S/C7H10O4/c1-5(7(10)11)3-2-4-6(8)9/h1-4H2,(H,8,9)(H,10,11)/p-2. The average molecular weight is 156 g/mol. The first-order valence-corrected chi connectivity index (χ1v) is 3.13. The lowest BCUT2D eigenvalue weighted by atomic mass is 10.1. The molecule has 0 aliphatic rings. The van der Waals surface area contributed by atoms with Gasteiger partial charge in [0.1, 0.15) is 0 Å². The predicted octanol–water partition coefficient (Wildman–Crippen LogP) is -1.79. The minimum absolute atomic E-state index is 0.0775. The van der Waals surface area contributed by atoms with E-state index in [9.17, 15) is 19.8 Å². The highest BCUT2D eigenvalue weighted by Gasteiger charge is 1.94. The van der Waals surface area contributed by atoms with Crippen molar-refractivity contribution in [2.75, 3.05) is 0 Å². The summed E-state index contributed by atoms with van der Waals surface area (Å²) < 4.78 is 0. The molecule has 0 radical (unpaired) electrons. The summed E-state index contributed by atoms with van der Waals surface area (Å²) in [4.78, 5) is 19.8. The molecule has 0 fully saturated rings. The van der Waals surface area contributed by atoms with Crippen LogP contribution in [0, 0.1) is 0 Å². The summed E-state index contributed by atoms with van der Waals surface area (Å²) in [6.07, 6.45) is 0.220. The van der Waals surface area contributed by atoms with E-state index in [0.717, 1.165) is 0 Å². The van der Waals surface area contributed by atoms with Gasteiger partial charge in [-0.15, -0.1) is 0 Å². The number of aliphatic carboxylic acids is 2. The molecule has 0 saturated heterocycles. The molecule has 0 aromatic rings. The summed E-state index contributed by atoms with van der Waals surface area (Å²) in [6.45, 7) is 3.18. The minimum atomic E-state index is -1.33. The van der Waals surface area contributed by atoms with Gasteiger partial charge in [-0.05, 0) is 24.8 Å². The highest BCUT2D eigenvalue weighted by Crippen LogP contribution is 2.02. The van der Waals surface area contributed by atoms with E-state index < -0.39 is 11.9 Å². The van der Waals surface area contributed by atoms with Crippen molar-refractivity contribution in [3.8, 4) is 0 Å². The van der Waals surface area contributed by atoms with E-state index in [0.29, 0.717) is 0 Å². The Morgan fingerprint density at radius 3 is 2.09 bits per heavy atom. The fourth-order valence-corrected chi connectivity index (χ4v) is 0.548. The Balaban J connectivity index is 3.47. The van der Waals surface area contributed by atoms with Crippen LogP contribution in [0.4, 0.5) is 0 Å². The van der Waals surface area contributed by atoms with Crippen LogP contribution in [0.5, 0.6) is 0 Å². The van der Waals surface area contributed by atoms with Gasteiger partial charge in [0.05, 0.1) is 5.97 Å². The van der Waals surface area contributed by atoms with Crippen LogP contribution < -0.4 is 10.2 Å². The van der Waals surface area contributed by atoms with Crippen LogP contribution >= 0.6 is 0 Å². The molecule has 0 atom stereocenters. The maximum atomic E-state index is 10.0. The first kappa shape index (κ1) is 9.68. The second-order valence-electron chi connectivity index (χ2n) is 2.12. The molecule has 4 nitrogen and oxygen atoms in total. The van der Waals surface area contributed by atoms with Crippen molar-refractivity contribution >= 4 is 11.9 Å². The lowest BCUT2D eigenvalue weighted by Gasteiger charge is -2.05. The van der Waals surface area contributed by atoms with Crippen molar-refractivity contribution in [1.82, 2.24) is 0 Å². The average Bonchev–Trinajstić information content (AvgIpc) is 1.86. The Morgan fingerprint density at radius 2 is 1.73 bits per heavy atom. The molecule has 0 bridgehead atoms. The monoisotopic (exact) mass is 156 g/mol. The van der Waals surface area contributed by atoms with Crippen LogP contribution in [-0.4, -0.2) is 11.9 Å². The van der Waals surface area contributed by atoms with Crippen LogP contribution in [-0.2, 0) is 9.59 Å². The number of carboxylic acid groups (broad SMARTS) is 2. The molecule has 4 heteroatoms. The lowest BCUT2D eigenvalue weighted by Crippen LogP contribution is -2.25. The van der Waals surface area contributed by atoms with Gasteiger partial charge in [0.2, 0.25) is 0 Å². The van der Waals surface area contributed by atoms with E-state index >= 15 is 0 Å². The highest BCUT2D eigenvalue weighted by atomic mass is 16.4. The Kier molecular flexibility index (Phi) is 3.95. The quantitative estimate of drug-likeness (QED) is 0.440. The lowest BCUT2D eigenvalue weighted by molar-refractivity contribution is -0.306. The largest absolute Gasteiger partial charge is 0.550 e. The smallest absolute Gasteiger partial charge is 0.0668 e. The van der Waals surface area contributed by atoms with Gasteiger partial charge >= 0.3 is 0 Å². The van der Waals surface area contributed by atoms with Crippen LogP contribution in [0.3, 0.4) is 0 Å². The summed E-state index contributed by atoms with van der Waals surface area (Å²) in [7, 11) is 0. The van der Waals surface area contributed by atoms with Gasteiger partial charge < -0.3 is 19.8 Å². The Labute approximate surface area is 64.2 Å². The molecule has 0 rings (SSSR count). The van der Waals surface area contributed by atoms with Crippen LogP contribution in [0.2, 0.25) is 0 Å². The van der Waals surface area contributed by atoms with Crippen molar-refractivity contribution in [3.63, 3.8) is 0 Å². The van der Waals surface area contributed by atoms with Crippen molar-refractivity contribution in [3.05, 3.63) is 12.2 Å². The second kappa shape index (κ2) is 4.49. The molecule has 0 aliphatic carbocycles.